The second kappa shape index (κ2) is 7.96. The van der Waals surface area contributed by atoms with Crippen LogP contribution in [0.15, 0.2) is 0 Å². The molecule has 1 rings (SSSR count). The minimum atomic E-state index is -3.25. The third-order valence-corrected chi connectivity index (χ3v) is 5.39. The number of nitrogens with one attached hydrogen (secondary N) is 2. The van der Waals surface area contributed by atoms with Gasteiger partial charge < -0.3 is 10.6 Å². The Morgan fingerprint density at radius 3 is 2.39 bits per heavy atom. The number of halogens is 1. The van der Waals surface area contributed by atoms with Crippen molar-refractivity contribution < 1.29 is 13.2 Å². The van der Waals surface area contributed by atoms with Gasteiger partial charge in [-0.1, -0.05) is 12.8 Å². The standard InChI is InChI=1S/C11H22N2O3S.ClH/c1-9(12-2)7-13-11(14)8-17(15,16)10-5-3-4-6-10;/h9-10,12H,3-8H2,1-2H3,(H,13,14);1H. The summed E-state index contributed by atoms with van der Waals surface area (Å²) in [7, 11) is -1.45. The zero-order valence-electron chi connectivity index (χ0n) is 10.9. The van der Waals surface area contributed by atoms with Crippen LogP contribution in [0.4, 0.5) is 0 Å². The summed E-state index contributed by atoms with van der Waals surface area (Å²) >= 11 is 0. The first-order valence-electron chi connectivity index (χ1n) is 6.11. The average Bonchev–Trinajstić information content (AvgIpc) is 2.79. The fourth-order valence-corrected chi connectivity index (χ4v) is 3.72. The van der Waals surface area contributed by atoms with Crippen LogP contribution < -0.4 is 10.6 Å². The fraction of sp³-hybridized carbons (Fsp3) is 0.909. The van der Waals surface area contributed by atoms with E-state index in [0.29, 0.717) is 19.4 Å². The molecule has 18 heavy (non-hydrogen) atoms. The number of hydrogen-bond donors (Lipinski definition) is 2. The molecule has 0 aromatic carbocycles. The lowest BCUT2D eigenvalue weighted by Gasteiger charge is -2.13. The lowest BCUT2D eigenvalue weighted by Crippen LogP contribution is -2.40. The average molecular weight is 299 g/mol. The summed E-state index contributed by atoms with van der Waals surface area (Å²) in [6.07, 6.45) is 3.34. The van der Waals surface area contributed by atoms with Gasteiger partial charge in [-0.25, -0.2) is 8.42 Å². The van der Waals surface area contributed by atoms with Gasteiger partial charge in [-0.2, -0.15) is 0 Å². The van der Waals surface area contributed by atoms with Crippen LogP contribution in [-0.4, -0.2) is 45.0 Å². The fourth-order valence-electron chi connectivity index (χ4n) is 1.97. The molecule has 0 saturated heterocycles. The van der Waals surface area contributed by atoms with Crippen LogP contribution in [-0.2, 0) is 14.6 Å². The maximum atomic E-state index is 11.9. The quantitative estimate of drug-likeness (QED) is 0.748. The number of carbonyl (C=O) groups excluding carboxylic acids is 1. The van der Waals surface area contributed by atoms with E-state index in [1.165, 1.54) is 0 Å². The van der Waals surface area contributed by atoms with Crippen molar-refractivity contribution >= 4 is 28.2 Å². The third-order valence-electron chi connectivity index (χ3n) is 3.24. The molecule has 0 aromatic rings. The monoisotopic (exact) mass is 298 g/mol. The van der Waals surface area contributed by atoms with Crippen LogP contribution in [0.25, 0.3) is 0 Å². The number of hydrogen-bond acceptors (Lipinski definition) is 4. The van der Waals surface area contributed by atoms with E-state index in [4.69, 9.17) is 0 Å². The Labute approximate surface area is 115 Å². The van der Waals surface area contributed by atoms with E-state index in [9.17, 15) is 13.2 Å². The topological polar surface area (TPSA) is 75.3 Å². The molecule has 1 saturated carbocycles. The predicted molar refractivity (Wildman–Crippen MR) is 74.8 cm³/mol. The third kappa shape index (κ3) is 5.54. The molecule has 0 bridgehead atoms. The van der Waals surface area contributed by atoms with Crippen molar-refractivity contribution in [2.24, 2.45) is 0 Å². The Balaban J connectivity index is 0.00000289. The first-order valence-corrected chi connectivity index (χ1v) is 7.83. The van der Waals surface area contributed by atoms with Gasteiger partial charge in [-0.15, -0.1) is 12.4 Å². The summed E-state index contributed by atoms with van der Waals surface area (Å²) in [5.41, 5.74) is 0. The van der Waals surface area contributed by atoms with E-state index in [-0.39, 0.29) is 35.4 Å². The van der Waals surface area contributed by atoms with Crippen LogP contribution in [0.5, 0.6) is 0 Å². The second-order valence-electron chi connectivity index (χ2n) is 4.71. The summed E-state index contributed by atoms with van der Waals surface area (Å²) in [6.45, 7) is 2.38. The Kier molecular flexibility index (Phi) is 7.82. The van der Waals surface area contributed by atoms with Crippen molar-refractivity contribution in [1.82, 2.24) is 10.6 Å². The molecule has 108 valence electrons. The summed E-state index contributed by atoms with van der Waals surface area (Å²) < 4.78 is 23.8. The first-order chi connectivity index (χ1) is 7.95. The highest BCUT2D eigenvalue weighted by Crippen LogP contribution is 2.24. The number of rotatable bonds is 6. The molecule has 7 heteroatoms. The highest BCUT2D eigenvalue weighted by Gasteiger charge is 2.30. The summed E-state index contributed by atoms with van der Waals surface area (Å²) in [5.74, 6) is -0.757. The molecule has 1 aliphatic rings. The van der Waals surface area contributed by atoms with Crippen molar-refractivity contribution in [3.8, 4) is 0 Å². The molecular formula is C11H23ClN2O3S. The second-order valence-corrected chi connectivity index (χ2v) is 6.99. The van der Waals surface area contributed by atoms with Gasteiger partial charge in [-0.05, 0) is 26.8 Å². The Morgan fingerprint density at radius 2 is 1.89 bits per heavy atom. The molecule has 1 fully saturated rings. The first kappa shape index (κ1) is 17.7. The molecular weight excluding hydrogens is 276 g/mol. The molecule has 1 unspecified atom stereocenters. The van der Waals surface area contributed by atoms with E-state index < -0.39 is 9.84 Å². The molecule has 0 aliphatic heterocycles. The number of sulfone groups is 1. The van der Waals surface area contributed by atoms with E-state index in [1.54, 1.807) is 7.05 Å². The molecule has 1 amide bonds. The Hall–Kier alpha value is -0.330. The molecule has 1 atom stereocenters. The lowest BCUT2D eigenvalue weighted by molar-refractivity contribution is -0.118. The molecule has 0 aromatic heterocycles. The summed E-state index contributed by atoms with van der Waals surface area (Å²) in [5, 5.41) is 5.31. The number of amides is 1. The van der Waals surface area contributed by atoms with Crippen LogP contribution in [0, 0.1) is 0 Å². The normalized spacial score (nSPS) is 18.1. The molecule has 0 spiro atoms. The van der Waals surface area contributed by atoms with Gasteiger partial charge in [0.1, 0.15) is 5.75 Å². The van der Waals surface area contributed by atoms with Gasteiger partial charge in [0.15, 0.2) is 9.84 Å². The summed E-state index contributed by atoms with van der Waals surface area (Å²) in [6, 6.07) is 0.146. The minimum Gasteiger partial charge on any atom is -0.354 e. The molecule has 2 N–H and O–H groups in total. The van der Waals surface area contributed by atoms with Gasteiger partial charge in [0.2, 0.25) is 5.91 Å². The lowest BCUT2D eigenvalue weighted by atomic mass is 10.3. The van der Waals surface area contributed by atoms with Gasteiger partial charge in [0.25, 0.3) is 0 Å². The Morgan fingerprint density at radius 1 is 1.33 bits per heavy atom. The molecule has 0 heterocycles. The van der Waals surface area contributed by atoms with Crippen molar-refractivity contribution in [1.29, 1.82) is 0 Å². The van der Waals surface area contributed by atoms with Gasteiger partial charge in [0.05, 0.1) is 5.25 Å². The Bertz CT molecular complexity index is 353. The number of carbonyl (C=O) groups is 1. The van der Waals surface area contributed by atoms with Gasteiger partial charge >= 0.3 is 0 Å². The van der Waals surface area contributed by atoms with Crippen LogP contribution in [0.1, 0.15) is 32.6 Å². The van der Waals surface area contributed by atoms with Crippen LogP contribution >= 0.6 is 12.4 Å². The van der Waals surface area contributed by atoms with Crippen molar-refractivity contribution in [2.75, 3.05) is 19.3 Å². The van der Waals surface area contributed by atoms with Crippen LogP contribution in [0.3, 0.4) is 0 Å². The van der Waals surface area contributed by atoms with E-state index in [1.807, 2.05) is 6.92 Å². The highest BCUT2D eigenvalue weighted by molar-refractivity contribution is 7.92. The van der Waals surface area contributed by atoms with Crippen LogP contribution in [0.2, 0.25) is 0 Å². The molecule has 1 aliphatic carbocycles. The highest BCUT2D eigenvalue weighted by atomic mass is 35.5. The van der Waals surface area contributed by atoms with E-state index >= 15 is 0 Å². The van der Waals surface area contributed by atoms with Gasteiger partial charge in [-0.3, -0.25) is 4.79 Å². The maximum Gasteiger partial charge on any atom is 0.235 e. The van der Waals surface area contributed by atoms with Crippen molar-refractivity contribution in [3.05, 3.63) is 0 Å². The SMILES string of the molecule is CNC(C)CNC(=O)CS(=O)(=O)C1CCCC1.Cl. The maximum absolute atomic E-state index is 11.9. The zero-order chi connectivity index (χ0) is 12.9. The minimum absolute atomic E-state index is 0. The number of likely N-dealkylation sites (N-methyl/N-ethyl adjacent to an activating group) is 1. The van der Waals surface area contributed by atoms with Crippen molar-refractivity contribution in [2.45, 2.75) is 43.9 Å². The largest absolute Gasteiger partial charge is 0.354 e. The molecule has 0 radical (unpaired) electrons. The summed E-state index contributed by atoms with van der Waals surface area (Å²) in [4.78, 5) is 11.5. The smallest absolute Gasteiger partial charge is 0.235 e. The van der Waals surface area contributed by atoms with E-state index in [2.05, 4.69) is 10.6 Å². The molecule has 5 nitrogen and oxygen atoms in total. The zero-order valence-corrected chi connectivity index (χ0v) is 12.6. The van der Waals surface area contributed by atoms with Crippen molar-refractivity contribution in [3.63, 3.8) is 0 Å². The van der Waals surface area contributed by atoms with Gasteiger partial charge in [0, 0.05) is 12.6 Å². The predicted octanol–water partition coefficient (Wildman–Crippen LogP) is 0.490. The van der Waals surface area contributed by atoms with E-state index in [0.717, 1.165) is 12.8 Å².